The number of benzene rings is 16. The lowest BCUT2D eigenvalue weighted by Crippen LogP contribution is -2.10. The molecule has 0 aliphatic heterocycles. The molecule has 64 heavy (non-hydrogen) atoms. The van der Waals surface area contributed by atoms with Crippen LogP contribution in [0.4, 0.5) is 0 Å². The van der Waals surface area contributed by atoms with E-state index in [0.29, 0.717) is 0 Å². The van der Waals surface area contributed by atoms with Crippen molar-refractivity contribution in [2.45, 2.75) is 13.8 Å². The molecular weight excluding hydrogens is 809 g/mol. The molecule has 0 unspecified atom stereocenters. The highest BCUT2D eigenvalue weighted by molar-refractivity contribution is 7.20. The van der Waals surface area contributed by atoms with Crippen molar-refractivity contribution in [1.29, 1.82) is 0 Å². The molecule has 0 N–H and O–H groups in total. The van der Waals surface area contributed by atoms with E-state index in [2.05, 4.69) is 158 Å². The number of rotatable bonds is 0. The quantitative estimate of drug-likeness (QED) is 0.105. The van der Waals surface area contributed by atoms with Crippen molar-refractivity contribution in [3.05, 3.63) is 149 Å². The van der Waals surface area contributed by atoms with E-state index in [4.69, 9.17) is 0 Å². The first-order valence-corrected chi connectivity index (χ1v) is 24.3. The third-order valence-electron chi connectivity index (χ3n) is 16.2. The number of aryl methyl sites for hydroxylation is 1. The molecule has 0 atom stereocenters. The summed E-state index contributed by atoms with van der Waals surface area (Å²) in [7, 11) is 0. The average Bonchev–Trinajstić information content (AvgIpc) is 3.98. The molecule has 18 rings (SSSR count). The molecule has 2 heterocycles. The van der Waals surface area contributed by atoms with E-state index < -0.39 is 0 Å². The summed E-state index contributed by atoms with van der Waals surface area (Å²) >= 11 is 3.93. The molecule has 0 amide bonds. The van der Waals surface area contributed by atoms with Crippen LogP contribution < -0.4 is 5.22 Å². The zero-order valence-electron chi connectivity index (χ0n) is 34.7. The molecule has 16 aromatic carbocycles. The summed E-state index contributed by atoms with van der Waals surface area (Å²) in [5.74, 6) is 0. The van der Waals surface area contributed by atoms with Crippen molar-refractivity contribution in [3.8, 4) is 0 Å². The molecule has 0 nitrogen and oxygen atoms in total. The van der Waals surface area contributed by atoms with Gasteiger partial charge in [0.15, 0.2) is 0 Å². The van der Waals surface area contributed by atoms with E-state index in [1.54, 1.807) is 0 Å². The molecule has 0 spiro atoms. The van der Waals surface area contributed by atoms with Gasteiger partial charge in [0.05, 0.1) is 0 Å². The fourth-order valence-electron chi connectivity index (χ4n) is 13.8. The Morgan fingerprint density at radius 3 is 1.09 bits per heavy atom. The Kier molecular flexibility index (Phi) is 5.23. The maximum Gasteiger partial charge on any atom is 0.0434 e. The Labute approximate surface area is 371 Å². The van der Waals surface area contributed by atoms with Gasteiger partial charge in [0.1, 0.15) is 0 Å². The van der Waals surface area contributed by atoms with Gasteiger partial charge in [0, 0.05) is 74.0 Å². The summed E-state index contributed by atoms with van der Waals surface area (Å²) in [6, 6.07) is 49.4. The standard InChI is InChI=1S/C62H30S2/c1-3-37-46-27(2)38-22-34-16-28-10-4-8-14-32(28)20-40(34)48-44-25-63-62-43-24-36-18-30-12-6-9-15-33(30)21-41(36)49-45-26-64-61-42-23-35-17-29-11-5-7-13-31(29)19-39(35)47(37)51(42)57-55(46)56(50(38)48)59(53(44)62)58(52(43)49)60(57)54(45)61/h3-26H,1-2H3/b37-3+. The molecule has 0 bridgehead atoms. The van der Waals surface area contributed by atoms with Gasteiger partial charge >= 0.3 is 0 Å². The highest BCUT2D eigenvalue weighted by atomic mass is 32.1. The predicted octanol–water partition coefficient (Wildman–Crippen LogP) is 18.4. The van der Waals surface area contributed by atoms with E-state index in [1.807, 2.05) is 22.7 Å². The average molecular weight is 839 g/mol. The van der Waals surface area contributed by atoms with Crippen LogP contribution in [0.2, 0.25) is 0 Å². The summed E-state index contributed by atoms with van der Waals surface area (Å²) < 4.78 is 2.84. The van der Waals surface area contributed by atoms with E-state index in [9.17, 15) is 0 Å². The van der Waals surface area contributed by atoms with Gasteiger partial charge in [0.25, 0.3) is 0 Å². The van der Waals surface area contributed by atoms with Crippen molar-refractivity contribution < 1.29 is 0 Å². The van der Waals surface area contributed by atoms with Gasteiger partial charge in [-0.3, -0.25) is 0 Å². The highest BCUT2D eigenvalue weighted by Crippen LogP contribution is 2.62. The first-order valence-electron chi connectivity index (χ1n) is 22.5. The van der Waals surface area contributed by atoms with Gasteiger partial charge in [-0.2, -0.15) is 0 Å². The first-order chi connectivity index (χ1) is 31.6. The van der Waals surface area contributed by atoms with Crippen LogP contribution >= 0.6 is 22.7 Å². The van der Waals surface area contributed by atoms with Crippen LogP contribution in [-0.2, 0) is 0 Å². The lowest BCUT2D eigenvalue weighted by atomic mass is 9.74. The molecule has 0 saturated heterocycles. The van der Waals surface area contributed by atoms with Crippen LogP contribution in [0, 0.1) is 6.92 Å². The normalized spacial score (nSPS) is 13.9. The summed E-state index contributed by atoms with van der Waals surface area (Å²) in [6.07, 6.45) is 2.45. The zero-order chi connectivity index (χ0) is 41.2. The topological polar surface area (TPSA) is 0 Å². The highest BCUT2D eigenvalue weighted by Gasteiger charge is 2.33. The van der Waals surface area contributed by atoms with Crippen LogP contribution in [0.15, 0.2) is 138 Å². The van der Waals surface area contributed by atoms with Gasteiger partial charge in [0.2, 0.25) is 0 Å². The maximum atomic E-state index is 2.57. The molecule has 0 fully saturated rings. The lowest BCUT2D eigenvalue weighted by Gasteiger charge is -2.28. The number of hydrogen-bond donors (Lipinski definition) is 0. The van der Waals surface area contributed by atoms with Gasteiger partial charge in [-0.15, -0.1) is 22.7 Å². The number of thiophene rings is 2. The Morgan fingerprint density at radius 2 is 0.641 bits per heavy atom. The van der Waals surface area contributed by atoms with Crippen LogP contribution in [0.25, 0.3) is 188 Å². The van der Waals surface area contributed by atoms with Crippen molar-refractivity contribution in [1.82, 2.24) is 0 Å². The number of hydrogen-bond acceptors (Lipinski definition) is 2. The minimum Gasteiger partial charge on any atom is -0.142 e. The molecule has 0 radical (unpaired) electrons. The summed E-state index contributed by atoms with van der Waals surface area (Å²) in [6.45, 7) is 4.73. The van der Waals surface area contributed by atoms with Gasteiger partial charge in [-0.1, -0.05) is 78.9 Å². The Morgan fingerprint density at radius 1 is 0.297 bits per heavy atom. The second-order valence-corrected chi connectivity index (χ2v) is 20.7. The van der Waals surface area contributed by atoms with Gasteiger partial charge in [-0.05, 0) is 198 Å². The van der Waals surface area contributed by atoms with E-state index >= 15 is 0 Å². The van der Waals surface area contributed by atoms with E-state index in [1.165, 1.54) is 193 Å². The lowest BCUT2D eigenvalue weighted by molar-refractivity contribution is 1.60. The van der Waals surface area contributed by atoms with Gasteiger partial charge < -0.3 is 0 Å². The van der Waals surface area contributed by atoms with Gasteiger partial charge in [-0.25, -0.2) is 0 Å². The smallest absolute Gasteiger partial charge is 0.0434 e. The Bertz CT molecular complexity index is 5220. The number of fused-ring (bicyclic) bond motifs is 13. The van der Waals surface area contributed by atoms with Crippen LogP contribution in [0.3, 0.4) is 0 Å². The second kappa shape index (κ2) is 10.4. The Balaban J connectivity index is 1.26. The maximum absolute atomic E-state index is 2.57. The third-order valence-corrected chi connectivity index (χ3v) is 18.3. The molecule has 290 valence electrons. The fourth-order valence-corrected chi connectivity index (χ4v) is 16.0. The monoisotopic (exact) mass is 838 g/mol. The fraction of sp³-hybridized carbons (Fsp3) is 0.0323. The molecular formula is C62H30S2. The minimum atomic E-state index is 1.29. The Hall–Kier alpha value is -7.36. The van der Waals surface area contributed by atoms with Crippen molar-refractivity contribution in [2.24, 2.45) is 0 Å². The minimum absolute atomic E-state index is 1.29. The molecule has 2 aromatic heterocycles. The molecule has 0 aliphatic carbocycles. The summed E-state index contributed by atoms with van der Waals surface area (Å²) in [4.78, 5) is 0. The third kappa shape index (κ3) is 3.32. The second-order valence-electron chi connectivity index (χ2n) is 18.9. The molecule has 0 saturated carbocycles. The van der Waals surface area contributed by atoms with Crippen LogP contribution in [-0.4, -0.2) is 0 Å². The zero-order valence-corrected chi connectivity index (χ0v) is 36.3. The summed E-state index contributed by atoms with van der Waals surface area (Å²) in [5, 5.41) is 51.0. The largest absolute Gasteiger partial charge is 0.142 e. The van der Waals surface area contributed by atoms with Crippen molar-refractivity contribution in [2.75, 3.05) is 0 Å². The first kappa shape index (κ1) is 32.3. The SMILES string of the molecule is C/C=c1\c2c(C)c3cc4cc5ccccc5cc4c4c5csc6c7cc8cc9ccccc9cc8c8c9csc%10c%11cc%12cc%13ccccc%13cc%12c1c%11c1c2c(c34)c(c56)c(c78)c1c9%10. The molecule has 0 aliphatic rings. The predicted molar refractivity (Wildman–Crippen MR) is 286 cm³/mol. The van der Waals surface area contributed by atoms with Crippen LogP contribution in [0.5, 0.6) is 0 Å². The van der Waals surface area contributed by atoms with Crippen molar-refractivity contribution in [3.63, 3.8) is 0 Å². The van der Waals surface area contributed by atoms with Crippen molar-refractivity contribution >= 4 is 211 Å². The van der Waals surface area contributed by atoms with Crippen LogP contribution in [0.1, 0.15) is 12.5 Å². The van der Waals surface area contributed by atoms with E-state index in [0.717, 1.165) is 0 Å². The summed E-state index contributed by atoms with van der Waals surface area (Å²) in [5.41, 5.74) is 1.39. The molecule has 18 aromatic rings. The van der Waals surface area contributed by atoms with E-state index in [-0.39, 0.29) is 0 Å². The molecule has 2 heteroatoms.